The number of hydrogen-bond donors (Lipinski definition) is 2. The van der Waals surface area contributed by atoms with E-state index in [2.05, 4.69) is 15.9 Å². The van der Waals surface area contributed by atoms with Crippen molar-refractivity contribution in [1.82, 2.24) is 0 Å². The molecule has 0 aliphatic carbocycles. The van der Waals surface area contributed by atoms with Crippen molar-refractivity contribution < 1.29 is 9.50 Å². The van der Waals surface area contributed by atoms with Gasteiger partial charge in [-0.15, -0.1) is 0 Å². The molecule has 0 fully saturated rings. The number of aliphatic hydroxyl groups is 1. The van der Waals surface area contributed by atoms with Crippen LogP contribution in [0.4, 0.5) is 4.39 Å². The van der Waals surface area contributed by atoms with Gasteiger partial charge in [-0.2, -0.15) is 0 Å². The van der Waals surface area contributed by atoms with Gasteiger partial charge in [-0.25, -0.2) is 4.39 Å². The maximum Gasteiger partial charge on any atom is 0.124 e. The molecule has 20 heavy (non-hydrogen) atoms. The van der Waals surface area contributed by atoms with Crippen LogP contribution >= 0.6 is 27.5 Å². The van der Waals surface area contributed by atoms with Gasteiger partial charge < -0.3 is 10.8 Å². The Morgan fingerprint density at radius 3 is 2.60 bits per heavy atom. The second kappa shape index (κ2) is 6.68. The summed E-state index contributed by atoms with van der Waals surface area (Å²) >= 11 is 9.38. The summed E-state index contributed by atoms with van der Waals surface area (Å²) in [5.74, 6) is -0.742. The molecule has 0 spiro atoms. The summed E-state index contributed by atoms with van der Waals surface area (Å²) in [5, 5.41) is 10.7. The Balaban J connectivity index is 2.36. The van der Waals surface area contributed by atoms with Crippen molar-refractivity contribution in [2.75, 3.05) is 6.54 Å². The molecular formula is C15H14BrClFNO. The highest BCUT2D eigenvalue weighted by atomic mass is 79.9. The molecule has 2 atom stereocenters. The van der Waals surface area contributed by atoms with E-state index >= 15 is 0 Å². The number of hydrogen-bond acceptors (Lipinski definition) is 2. The van der Waals surface area contributed by atoms with E-state index in [0.29, 0.717) is 5.56 Å². The Morgan fingerprint density at radius 2 is 2.00 bits per heavy atom. The summed E-state index contributed by atoms with van der Waals surface area (Å²) in [6, 6.07) is 11.5. The lowest BCUT2D eigenvalue weighted by Gasteiger charge is -2.23. The fourth-order valence-corrected chi connectivity index (χ4v) is 2.84. The molecule has 0 amide bonds. The summed E-state index contributed by atoms with van der Waals surface area (Å²) in [5.41, 5.74) is 7.15. The smallest absolute Gasteiger partial charge is 0.124 e. The van der Waals surface area contributed by atoms with Gasteiger partial charge in [-0.3, -0.25) is 0 Å². The van der Waals surface area contributed by atoms with Gasteiger partial charge in [0.15, 0.2) is 0 Å². The molecule has 0 radical (unpaired) electrons. The Labute approximate surface area is 130 Å². The molecule has 0 aliphatic rings. The highest BCUT2D eigenvalue weighted by molar-refractivity contribution is 9.10. The first-order valence-corrected chi connectivity index (χ1v) is 7.28. The molecule has 2 aromatic rings. The highest BCUT2D eigenvalue weighted by Gasteiger charge is 2.23. The van der Waals surface area contributed by atoms with E-state index in [4.69, 9.17) is 17.3 Å². The Hall–Kier alpha value is -0.940. The first kappa shape index (κ1) is 15.4. The van der Waals surface area contributed by atoms with Crippen molar-refractivity contribution in [3.05, 3.63) is 68.9 Å². The van der Waals surface area contributed by atoms with Crippen LogP contribution in [0.3, 0.4) is 0 Å². The topological polar surface area (TPSA) is 46.2 Å². The summed E-state index contributed by atoms with van der Waals surface area (Å²) < 4.78 is 14.0. The van der Waals surface area contributed by atoms with Crippen molar-refractivity contribution in [3.63, 3.8) is 0 Å². The molecular weight excluding hydrogens is 345 g/mol. The molecule has 0 bridgehead atoms. The maximum absolute atomic E-state index is 13.1. The first-order chi connectivity index (χ1) is 9.52. The van der Waals surface area contributed by atoms with E-state index in [1.54, 1.807) is 0 Å². The van der Waals surface area contributed by atoms with Crippen LogP contribution in [0, 0.1) is 5.82 Å². The molecule has 0 heterocycles. The zero-order valence-electron chi connectivity index (χ0n) is 10.6. The van der Waals surface area contributed by atoms with Gasteiger partial charge in [0, 0.05) is 22.0 Å². The molecule has 0 saturated carbocycles. The van der Waals surface area contributed by atoms with Gasteiger partial charge in [0.2, 0.25) is 0 Å². The number of nitrogens with two attached hydrogens (primary N) is 1. The molecule has 5 heteroatoms. The maximum atomic E-state index is 13.1. The molecule has 3 N–H and O–H groups in total. The Morgan fingerprint density at radius 1 is 1.25 bits per heavy atom. The van der Waals surface area contributed by atoms with Crippen molar-refractivity contribution >= 4 is 27.5 Å². The summed E-state index contributed by atoms with van der Waals surface area (Å²) in [6.45, 7) is 0.255. The molecule has 0 aromatic heterocycles. The van der Waals surface area contributed by atoms with Crippen LogP contribution in [0.15, 0.2) is 46.9 Å². The lowest BCUT2D eigenvalue weighted by molar-refractivity contribution is 0.147. The molecule has 2 nitrogen and oxygen atoms in total. The van der Waals surface area contributed by atoms with Gasteiger partial charge in [-0.1, -0.05) is 45.7 Å². The third-order valence-electron chi connectivity index (χ3n) is 3.19. The molecule has 106 valence electrons. The van der Waals surface area contributed by atoms with E-state index in [1.165, 1.54) is 18.2 Å². The predicted octanol–water partition coefficient (Wildman–Crippen LogP) is 4.02. The number of halogens is 3. The van der Waals surface area contributed by atoms with Crippen LogP contribution in [-0.4, -0.2) is 11.7 Å². The fourth-order valence-electron chi connectivity index (χ4n) is 2.14. The third-order valence-corrected chi connectivity index (χ3v) is 4.01. The summed E-state index contributed by atoms with van der Waals surface area (Å²) in [7, 11) is 0. The summed E-state index contributed by atoms with van der Waals surface area (Å²) in [4.78, 5) is 0. The van der Waals surface area contributed by atoms with Crippen LogP contribution in [0.1, 0.15) is 23.1 Å². The van der Waals surface area contributed by atoms with Crippen LogP contribution < -0.4 is 5.73 Å². The average molecular weight is 359 g/mol. The van der Waals surface area contributed by atoms with Crippen LogP contribution in [0.5, 0.6) is 0 Å². The normalized spacial score (nSPS) is 14.1. The highest BCUT2D eigenvalue weighted by Crippen LogP contribution is 2.35. The zero-order chi connectivity index (χ0) is 14.7. The molecule has 2 rings (SSSR count). The van der Waals surface area contributed by atoms with Crippen molar-refractivity contribution in [2.45, 2.75) is 12.0 Å². The number of aliphatic hydroxyl groups excluding tert-OH is 1. The Bertz CT molecular complexity index is 608. The number of rotatable bonds is 4. The van der Waals surface area contributed by atoms with Crippen molar-refractivity contribution in [3.8, 4) is 0 Å². The average Bonchev–Trinajstić information content (AvgIpc) is 2.39. The van der Waals surface area contributed by atoms with Crippen LogP contribution in [-0.2, 0) is 0 Å². The van der Waals surface area contributed by atoms with E-state index in [-0.39, 0.29) is 17.5 Å². The van der Waals surface area contributed by atoms with Gasteiger partial charge in [-0.05, 0) is 35.4 Å². The molecule has 0 aliphatic heterocycles. The first-order valence-electron chi connectivity index (χ1n) is 6.11. The standard InChI is InChI=1S/C15H14BrClFNO/c16-10-3-1-2-9(6-10)13(8-19)15(20)12-5-4-11(18)7-14(12)17/h1-7,13,15,20H,8,19H2. The minimum atomic E-state index is -0.887. The minimum absolute atomic E-state index is 0.200. The zero-order valence-corrected chi connectivity index (χ0v) is 12.9. The Kier molecular flexibility index (Phi) is 5.16. The van der Waals surface area contributed by atoms with E-state index in [9.17, 15) is 9.50 Å². The van der Waals surface area contributed by atoms with Gasteiger partial charge in [0.25, 0.3) is 0 Å². The quantitative estimate of drug-likeness (QED) is 0.867. The fraction of sp³-hybridized carbons (Fsp3) is 0.200. The van der Waals surface area contributed by atoms with E-state index in [0.717, 1.165) is 10.0 Å². The monoisotopic (exact) mass is 357 g/mol. The van der Waals surface area contributed by atoms with Gasteiger partial charge in [0.1, 0.15) is 5.82 Å². The van der Waals surface area contributed by atoms with Crippen LogP contribution in [0.25, 0.3) is 0 Å². The van der Waals surface area contributed by atoms with E-state index < -0.39 is 11.9 Å². The van der Waals surface area contributed by atoms with Gasteiger partial charge in [0.05, 0.1) is 6.10 Å². The van der Waals surface area contributed by atoms with Crippen molar-refractivity contribution in [1.29, 1.82) is 0 Å². The second-order valence-corrected chi connectivity index (χ2v) is 5.83. The van der Waals surface area contributed by atoms with Gasteiger partial charge >= 0.3 is 0 Å². The third kappa shape index (κ3) is 3.38. The molecule has 0 saturated heterocycles. The van der Waals surface area contributed by atoms with E-state index in [1.807, 2.05) is 24.3 Å². The largest absolute Gasteiger partial charge is 0.388 e. The SMILES string of the molecule is NCC(c1cccc(Br)c1)C(O)c1ccc(F)cc1Cl. The van der Waals surface area contributed by atoms with Crippen molar-refractivity contribution in [2.24, 2.45) is 5.73 Å². The molecule has 2 unspecified atom stereocenters. The minimum Gasteiger partial charge on any atom is -0.388 e. The lowest BCUT2D eigenvalue weighted by Crippen LogP contribution is -2.20. The lowest BCUT2D eigenvalue weighted by atomic mass is 9.89. The van der Waals surface area contributed by atoms with Crippen LogP contribution in [0.2, 0.25) is 5.02 Å². The number of benzene rings is 2. The molecule has 2 aromatic carbocycles. The second-order valence-electron chi connectivity index (χ2n) is 4.51. The summed E-state index contributed by atoms with van der Waals surface area (Å²) in [6.07, 6.45) is -0.887. The predicted molar refractivity (Wildman–Crippen MR) is 82.3 cm³/mol.